The van der Waals surface area contributed by atoms with E-state index in [-0.39, 0.29) is 12.4 Å². The van der Waals surface area contributed by atoms with E-state index in [1.165, 1.54) is 16.7 Å². The molecule has 0 saturated carbocycles. The van der Waals surface area contributed by atoms with Crippen molar-refractivity contribution in [1.82, 2.24) is 4.98 Å². The highest BCUT2D eigenvalue weighted by Gasteiger charge is 2.22. The molecule has 4 heteroatoms. The number of ether oxygens (including phenoxy) is 1. The Bertz CT molecular complexity index is 1390. The van der Waals surface area contributed by atoms with Crippen molar-refractivity contribution in [2.24, 2.45) is 0 Å². The molecule has 1 aromatic heterocycles. The number of nitrogens with zero attached hydrogens (tertiary/aromatic N) is 1. The fourth-order valence-electron chi connectivity index (χ4n) is 4.55. The van der Waals surface area contributed by atoms with E-state index in [4.69, 9.17) is 4.74 Å². The van der Waals surface area contributed by atoms with Crippen LogP contribution in [0, 0.1) is 6.92 Å². The molecule has 5 rings (SSSR count). The molecule has 0 bridgehead atoms. The molecular formula is C28H23NO3. The van der Waals surface area contributed by atoms with Gasteiger partial charge >= 0.3 is 5.97 Å². The van der Waals surface area contributed by atoms with Gasteiger partial charge in [-0.05, 0) is 59.7 Å². The highest BCUT2D eigenvalue weighted by molar-refractivity contribution is 6.06. The standard InChI is InChI=1S/C28H23NO3/c1-3-24-17(2)27(22-10-6-7-11-25(22)29-24)28(31)32-16-26(30)20-13-12-19-14-18-8-4-5-9-21(18)23(19)15-20/h4-13,15H,3,14,16H2,1-2H3. The number of esters is 1. The fourth-order valence-corrected chi connectivity index (χ4v) is 4.55. The monoisotopic (exact) mass is 421 g/mol. The summed E-state index contributed by atoms with van der Waals surface area (Å²) in [6.45, 7) is 3.60. The number of ketones is 1. The summed E-state index contributed by atoms with van der Waals surface area (Å²) < 4.78 is 5.51. The first-order valence-electron chi connectivity index (χ1n) is 10.9. The number of pyridine rings is 1. The maximum absolute atomic E-state index is 13.0. The van der Waals surface area contributed by atoms with Gasteiger partial charge in [-0.15, -0.1) is 0 Å². The zero-order valence-corrected chi connectivity index (χ0v) is 18.1. The van der Waals surface area contributed by atoms with Crippen LogP contribution in [0.15, 0.2) is 66.7 Å². The Morgan fingerprint density at radius 3 is 2.53 bits per heavy atom. The van der Waals surface area contributed by atoms with E-state index in [9.17, 15) is 9.59 Å². The maximum atomic E-state index is 13.0. The Labute approximate surface area is 186 Å². The van der Waals surface area contributed by atoms with Crippen LogP contribution in [0.5, 0.6) is 0 Å². The summed E-state index contributed by atoms with van der Waals surface area (Å²) >= 11 is 0. The van der Waals surface area contributed by atoms with Crippen LogP contribution in [0.25, 0.3) is 22.0 Å². The number of Topliss-reactive ketones (excluding diaryl/α,β-unsaturated/α-hetero) is 1. The second-order valence-electron chi connectivity index (χ2n) is 8.13. The molecule has 1 heterocycles. The van der Waals surface area contributed by atoms with Crippen molar-refractivity contribution in [3.63, 3.8) is 0 Å². The molecule has 0 radical (unpaired) electrons. The Morgan fingerprint density at radius 1 is 0.938 bits per heavy atom. The molecule has 0 N–H and O–H groups in total. The zero-order valence-electron chi connectivity index (χ0n) is 18.1. The van der Waals surface area contributed by atoms with Crippen LogP contribution in [0.2, 0.25) is 0 Å². The van der Waals surface area contributed by atoms with Gasteiger partial charge in [0.1, 0.15) is 0 Å². The zero-order chi connectivity index (χ0) is 22.2. The van der Waals surface area contributed by atoms with Crippen LogP contribution in [0.1, 0.15) is 50.0 Å². The van der Waals surface area contributed by atoms with E-state index in [0.29, 0.717) is 17.5 Å². The SMILES string of the molecule is CCc1nc2ccccc2c(C(=O)OCC(=O)c2ccc3c(c2)-c2ccccc2C3)c1C. The first kappa shape index (κ1) is 20.1. The van der Waals surface area contributed by atoms with Gasteiger partial charge in [-0.3, -0.25) is 9.78 Å². The van der Waals surface area contributed by atoms with E-state index in [2.05, 4.69) is 17.1 Å². The molecular weight excluding hydrogens is 398 g/mol. The van der Waals surface area contributed by atoms with Crippen LogP contribution in [-0.2, 0) is 17.6 Å². The summed E-state index contributed by atoms with van der Waals surface area (Å²) in [5, 5.41) is 0.744. The van der Waals surface area contributed by atoms with Crippen molar-refractivity contribution in [1.29, 1.82) is 0 Å². The lowest BCUT2D eigenvalue weighted by molar-refractivity contribution is 0.0476. The quantitative estimate of drug-likeness (QED) is 0.269. The average Bonchev–Trinajstić information content (AvgIpc) is 3.20. The molecule has 0 amide bonds. The van der Waals surface area contributed by atoms with E-state index in [1.807, 2.05) is 68.4 Å². The molecule has 1 aliphatic carbocycles. The van der Waals surface area contributed by atoms with Crippen molar-refractivity contribution in [2.45, 2.75) is 26.7 Å². The minimum atomic E-state index is -0.490. The Morgan fingerprint density at radius 2 is 1.69 bits per heavy atom. The normalized spacial score (nSPS) is 11.8. The number of hydrogen-bond donors (Lipinski definition) is 0. The summed E-state index contributed by atoms with van der Waals surface area (Å²) in [6, 6.07) is 21.5. The van der Waals surface area contributed by atoms with Gasteiger partial charge in [-0.2, -0.15) is 0 Å². The van der Waals surface area contributed by atoms with Crippen LogP contribution in [0.4, 0.5) is 0 Å². The van der Waals surface area contributed by atoms with Crippen molar-refractivity contribution < 1.29 is 14.3 Å². The molecule has 1 aliphatic rings. The lowest BCUT2D eigenvalue weighted by Crippen LogP contribution is -2.16. The summed E-state index contributed by atoms with van der Waals surface area (Å²) in [5.41, 5.74) is 8.20. The molecule has 0 aliphatic heterocycles. The Hall–Kier alpha value is -3.79. The number of benzene rings is 3. The average molecular weight is 421 g/mol. The molecule has 3 aromatic carbocycles. The van der Waals surface area contributed by atoms with E-state index in [0.717, 1.165) is 34.1 Å². The third-order valence-electron chi connectivity index (χ3n) is 6.23. The van der Waals surface area contributed by atoms with Gasteiger partial charge in [0.15, 0.2) is 12.4 Å². The summed E-state index contributed by atoms with van der Waals surface area (Å²) in [4.78, 5) is 30.6. The molecule has 32 heavy (non-hydrogen) atoms. The predicted molar refractivity (Wildman–Crippen MR) is 125 cm³/mol. The van der Waals surface area contributed by atoms with Gasteiger partial charge in [0, 0.05) is 16.6 Å². The molecule has 4 aromatic rings. The number of carbonyl (C=O) groups is 2. The highest BCUT2D eigenvalue weighted by atomic mass is 16.5. The number of fused-ring (bicyclic) bond motifs is 4. The van der Waals surface area contributed by atoms with E-state index >= 15 is 0 Å². The molecule has 0 fully saturated rings. The van der Waals surface area contributed by atoms with Crippen molar-refractivity contribution in [3.05, 3.63) is 100 Å². The number of aromatic nitrogens is 1. The van der Waals surface area contributed by atoms with Gasteiger partial charge in [0.25, 0.3) is 0 Å². The smallest absolute Gasteiger partial charge is 0.339 e. The molecule has 0 atom stereocenters. The van der Waals surface area contributed by atoms with Crippen molar-refractivity contribution >= 4 is 22.7 Å². The minimum Gasteiger partial charge on any atom is -0.454 e. The van der Waals surface area contributed by atoms with E-state index < -0.39 is 5.97 Å². The molecule has 158 valence electrons. The lowest BCUT2D eigenvalue weighted by atomic mass is 10.00. The second-order valence-corrected chi connectivity index (χ2v) is 8.13. The van der Waals surface area contributed by atoms with Gasteiger partial charge in [-0.1, -0.05) is 61.5 Å². The maximum Gasteiger partial charge on any atom is 0.339 e. The number of aryl methyl sites for hydroxylation is 1. The highest BCUT2D eigenvalue weighted by Crippen LogP contribution is 2.37. The Balaban J connectivity index is 1.39. The summed E-state index contributed by atoms with van der Waals surface area (Å²) in [6.07, 6.45) is 1.59. The van der Waals surface area contributed by atoms with E-state index in [1.54, 1.807) is 0 Å². The number of para-hydroxylation sites is 1. The molecule has 0 saturated heterocycles. The van der Waals surface area contributed by atoms with Gasteiger partial charge in [-0.25, -0.2) is 4.79 Å². The largest absolute Gasteiger partial charge is 0.454 e. The first-order chi connectivity index (χ1) is 15.6. The van der Waals surface area contributed by atoms with Gasteiger partial charge in [0.05, 0.1) is 11.1 Å². The van der Waals surface area contributed by atoms with Gasteiger partial charge in [0.2, 0.25) is 0 Å². The van der Waals surface area contributed by atoms with Crippen LogP contribution in [0.3, 0.4) is 0 Å². The fraction of sp³-hybridized carbons (Fsp3) is 0.179. The van der Waals surface area contributed by atoms with Crippen LogP contribution >= 0.6 is 0 Å². The van der Waals surface area contributed by atoms with Crippen molar-refractivity contribution in [2.75, 3.05) is 6.61 Å². The third-order valence-corrected chi connectivity index (χ3v) is 6.23. The number of hydrogen-bond acceptors (Lipinski definition) is 4. The first-order valence-corrected chi connectivity index (χ1v) is 10.9. The molecule has 0 spiro atoms. The number of rotatable bonds is 5. The van der Waals surface area contributed by atoms with Gasteiger partial charge < -0.3 is 4.74 Å². The van der Waals surface area contributed by atoms with Crippen molar-refractivity contribution in [3.8, 4) is 11.1 Å². The predicted octanol–water partition coefficient (Wildman–Crippen LogP) is 5.72. The molecule has 0 unspecified atom stereocenters. The third kappa shape index (κ3) is 3.38. The Kier molecular flexibility index (Phi) is 5.06. The summed E-state index contributed by atoms with van der Waals surface area (Å²) in [5.74, 6) is -0.701. The topological polar surface area (TPSA) is 56.3 Å². The second kappa shape index (κ2) is 8.04. The lowest BCUT2D eigenvalue weighted by Gasteiger charge is -2.13. The van der Waals surface area contributed by atoms with Crippen LogP contribution < -0.4 is 0 Å². The molecule has 4 nitrogen and oxygen atoms in total. The minimum absolute atomic E-state index is 0.211. The van der Waals surface area contributed by atoms with Crippen LogP contribution in [-0.4, -0.2) is 23.3 Å². The summed E-state index contributed by atoms with van der Waals surface area (Å²) in [7, 11) is 0. The number of carbonyl (C=O) groups excluding carboxylic acids is 2.